The number of amides is 1. The van der Waals surface area contributed by atoms with Crippen LogP contribution in [0.5, 0.6) is 5.75 Å². The lowest BCUT2D eigenvalue weighted by Crippen LogP contribution is -2.17. The quantitative estimate of drug-likeness (QED) is 0.505. The zero-order valence-corrected chi connectivity index (χ0v) is 16.8. The molecule has 1 N–H and O–H groups in total. The number of hydrogen-bond donors (Lipinski definition) is 1. The molecular formula is C22H20N4O4. The minimum atomic E-state index is -0.484. The fourth-order valence-electron chi connectivity index (χ4n) is 2.99. The van der Waals surface area contributed by atoms with Gasteiger partial charge < -0.3 is 13.7 Å². The zero-order chi connectivity index (χ0) is 21.1. The summed E-state index contributed by atoms with van der Waals surface area (Å²) in [6.07, 6.45) is 3.09. The summed E-state index contributed by atoms with van der Waals surface area (Å²) in [5, 5.41) is 6.54. The van der Waals surface area contributed by atoms with Gasteiger partial charge in [-0.1, -0.05) is 22.9 Å². The van der Waals surface area contributed by atoms with Crippen LogP contribution in [0.15, 0.2) is 57.8 Å². The Morgan fingerprint density at radius 2 is 2.03 bits per heavy atom. The van der Waals surface area contributed by atoms with Crippen molar-refractivity contribution in [1.29, 1.82) is 0 Å². The van der Waals surface area contributed by atoms with E-state index in [0.717, 1.165) is 16.9 Å². The molecule has 0 aliphatic rings. The summed E-state index contributed by atoms with van der Waals surface area (Å²) in [6, 6.07) is 11.1. The number of aryl methyl sites for hydroxylation is 3. The Balaban J connectivity index is 1.51. The molecule has 4 aromatic rings. The minimum Gasteiger partial charge on any atom is -0.488 e. The van der Waals surface area contributed by atoms with Crippen LogP contribution in [0.2, 0.25) is 0 Å². The molecule has 0 unspecified atom stereocenters. The van der Waals surface area contributed by atoms with Gasteiger partial charge in [-0.05, 0) is 50.6 Å². The number of aromatic nitrogens is 3. The van der Waals surface area contributed by atoms with E-state index in [1.165, 1.54) is 0 Å². The first-order valence-corrected chi connectivity index (χ1v) is 9.35. The van der Waals surface area contributed by atoms with Crippen molar-refractivity contribution in [3.63, 3.8) is 0 Å². The summed E-state index contributed by atoms with van der Waals surface area (Å²) in [7, 11) is 0. The maximum atomic E-state index is 12.8. The molecule has 1 amide bonds. The van der Waals surface area contributed by atoms with Crippen molar-refractivity contribution in [2.45, 2.75) is 27.4 Å². The third-order valence-corrected chi connectivity index (χ3v) is 4.56. The second-order valence-electron chi connectivity index (χ2n) is 6.82. The highest BCUT2D eigenvalue weighted by Crippen LogP contribution is 2.23. The summed E-state index contributed by atoms with van der Waals surface area (Å²) in [5.41, 5.74) is 3.41. The predicted octanol–water partition coefficient (Wildman–Crippen LogP) is 4.48. The summed E-state index contributed by atoms with van der Waals surface area (Å²) in [4.78, 5) is 21.2. The van der Waals surface area contributed by atoms with Crippen LogP contribution in [0.4, 0.5) is 5.95 Å². The highest BCUT2D eigenvalue weighted by atomic mass is 16.5. The van der Waals surface area contributed by atoms with Crippen molar-refractivity contribution in [3.05, 3.63) is 77.0 Å². The number of carbonyl (C=O) groups is 1. The van der Waals surface area contributed by atoms with E-state index in [2.05, 4.69) is 20.4 Å². The monoisotopic (exact) mass is 404 g/mol. The molecule has 3 heterocycles. The number of rotatable bonds is 6. The lowest BCUT2D eigenvalue weighted by atomic mass is 10.1. The number of furan rings is 1. The molecule has 8 heteroatoms. The molecular weight excluding hydrogens is 384 g/mol. The Morgan fingerprint density at radius 3 is 2.80 bits per heavy atom. The number of nitrogens with one attached hydrogen (secondary N) is 1. The summed E-state index contributed by atoms with van der Waals surface area (Å²) in [5.74, 6) is 1.48. The summed E-state index contributed by atoms with van der Waals surface area (Å²) >= 11 is 0. The van der Waals surface area contributed by atoms with Gasteiger partial charge in [0.25, 0.3) is 5.91 Å². The Labute approximate surface area is 172 Å². The van der Waals surface area contributed by atoms with Crippen LogP contribution >= 0.6 is 0 Å². The fourth-order valence-corrected chi connectivity index (χ4v) is 2.99. The van der Waals surface area contributed by atoms with Gasteiger partial charge in [-0.25, -0.2) is 9.97 Å². The molecule has 8 nitrogen and oxygen atoms in total. The zero-order valence-electron chi connectivity index (χ0n) is 16.8. The van der Waals surface area contributed by atoms with Crippen molar-refractivity contribution in [2.75, 3.05) is 5.32 Å². The first kappa shape index (κ1) is 19.4. The molecule has 0 fully saturated rings. The largest absolute Gasteiger partial charge is 0.488 e. The van der Waals surface area contributed by atoms with Gasteiger partial charge in [0.05, 0.1) is 11.8 Å². The molecule has 0 saturated heterocycles. The van der Waals surface area contributed by atoms with Crippen LogP contribution in [0.1, 0.15) is 32.9 Å². The Bertz CT molecular complexity index is 1180. The summed E-state index contributed by atoms with van der Waals surface area (Å²) < 4.78 is 16.5. The fraction of sp³-hybridized carbons (Fsp3) is 0.182. The molecule has 4 rings (SSSR count). The van der Waals surface area contributed by atoms with Gasteiger partial charge in [-0.2, -0.15) is 0 Å². The van der Waals surface area contributed by atoms with Crippen LogP contribution < -0.4 is 10.1 Å². The van der Waals surface area contributed by atoms with E-state index >= 15 is 0 Å². The van der Waals surface area contributed by atoms with Gasteiger partial charge in [0.2, 0.25) is 5.95 Å². The number of anilines is 1. The molecule has 3 aromatic heterocycles. The van der Waals surface area contributed by atoms with Gasteiger partial charge in [-0.3, -0.25) is 10.1 Å². The van der Waals surface area contributed by atoms with E-state index in [9.17, 15) is 4.79 Å². The second kappa shape index (κ2) is 8.20. The predicted molar refractivity (Wildman–Crippen MR) is 109 cm³/mol. The van der Waals surface area contributed by atoms with Gasteiger partial charge >= 0.3 is 0 Å². The average molecular weight is 404 g/mol. The average Bonchev–Trinajstić information content (AvgIpc) is 3.38. The lowest BCUT2D eigenvalue weighted by molar-refractivity contribution is 0.101. The molecule has 0 radical (unpaired) electrons. The van der Waals surface area contributed by atoms with Gasteiger partial charge in [0.1, 0.15) is 23.8 Å². The van der Waals surface area contributed by atoms with E-state index in [4.69, 9.17) is 13.7 Å². The van der Waals surface area contributed by atoms with Gasteiger partial charge in [0, 0.05) is 6.20 Å². The highest BCUT2D eigenvalue weighted by Gasteiger charge is 2.21. The van der Waals surface area contributed by atoms with Crippen molar-refractivity contribution >= 4 is 11.9 Å². The van der Waals surface area contributed by atoms with Crippen molar-refractivity contribution in [2.24, 2.45) is 0 Å². The Kier molecular flexibility index (Phi) is 5.30. The van der Waals surface area contributed by atoms with E-state index in [1.807, 2.05) is 32.0 Å². The minimum absolute atomic E-state index is 0.129. The molecule has 0 aliphatic carbocycles. The van der Waals surface area contributed by atoms with E-state index in [-0.39, 0.29) is 18.2 Å². The molecule has 1 aromatic carbocycles. The molecule has 0 spiro atoms. The van der Waals surface area contributed by atoms with Crippen LogP contribution in [-0.4, -0.2) is 21.0 Å². The van der Waals surface area contributed by atoms with E-state index < -0.39 is 5.91 Å². The molecule has 0 aliphatic heterocycles. The van der Waals surface area contributed by atoms with Crippen LogP contribution in [-0.2, 0) is 6.61 Å². The normalized spacial score (nSPS) is 10.8. The molecule has 152 valence electrons. The van der Waals surface area contributed by atoms with Crippen LogP contribution in [0.25, 0.3) is 11.5 Å². The lowest BCUT2D eigenvalue weighted by Gasteiger charge is -2.10. The molecule has 30 heavy (non-hydrogen) atoms. The Morgan fingerprint density at radius 1 is 1.17 bits per heavy atom. The first-order valence-electron chi connectivity index (χ1n) is 9.35. The van der Waals surface area contributed by atoms with Gasteiger partial charge in [0.15, 0.2) is 11.5 Å². The third-order valence-electron chi connectivity index (χ3n) is 4.56. The second-order valence-corrected chi connectivity index (χ2v) is 6.82. The van der Waals surface area contributed by atoms with E-state index in [0.29, 0.717) is 22.8 Å². The molecule has 0 atom stereocenters. The summed E-state index contributed by atoms with van der Waals surface area (Å²) in [6.45, 7) is 5.87. The highest BCUT2D eigenvalue weighted by molar-refractivity contribution is 6.03. The number of hydrogen-bond acceptors (Lipinski definition) is 7. The SMILES string of the molecule is Cc1ccc(OCc2c(C(=O)Nc3nccc(-c4ccco4)n3)noc2C)c(C)c1. The van der Waals surface area contributed by atoms with Crippen molar-refractivity contribution < 1.29 is 18.5 Å². The Hall–Kier alpha value is -3.94. The van der Waals surface area contributed by atoms with Crippen LogP contribution in [0.3, 0.4) is 0 Å². The van der Waals surface area contributed by atoms with E-state index in [1.54, 1.807) is 37.6 Å². The molecule has 0 saturated carbocycles. The first-order chi connectivity index (χ1) is 14.5. The standard InChI is InChI=1S/C22H20N4O4/c1-13-6-7-18(14(2)11-13)29-12-16-15(3)30-26-20(16)21(27)25-22-23-9-8-17(24-22)19-5-4-10-28-19/h4-11H,12H2,1-3H3,(H,23,24,25,27). The number of ether oxygens (including phenoxy) is 1. The smallest absolute Gasteiger partial charge is 0.280 e. The number of carbonyl (C=O) groups excluding carboxylic acids is 1. The number of benzene rings is 1. The van der Waals surface area contributed by atoms with Gasteiger partial charge in [-0.15, -0.1) is 0 Å². The maximum Gasteiger partial charge on any atom is 0.280 e. The third kappa shape index (κ3) is 4.07. The number of nitrogens with zero attached hydrogens (tertiary/aromatic N) is 3. The maximum absolute atomic E-state index is 12.8. The topological polar surface area (TPSA) is 103 Å². The van der Waals surface area contributed by atoms with Crippen molar-refractivity contribution in [1.82, 2.24) is 15.1 Å². The molecule has 0 bridgehead atoms. The van der Waals surface area contributed by atoms with Crippen LogP contribution in [0, 0.1) is 20.8 Å². The van der Waals surface area contributed by atoms with Crippen molar-refractivity contribution in [3.8, 4) is 17.2 Å².